The highest BCUT2D eigenvalue weighted by molar-refractivity contribution is 7.16. The van der Waals surface area contributed by atoms with Crippen molar-refractivity contribution in [2.75, 3.05) is 12.3 Å². The topological polar surface area (TPSA) is 156 Å². The Kier molecular flexibility index (Phi) is 6.83. The van der Waals surface area contributed by atoms with E-state index in [1.165, 1.54) is 4.57 Å². The average Bonchev–Trinajstić information content (AvgIpc) is 3.42. The number of thiazole rings is 1. The van der Waals surface area contributed by atoms with E-state index >= 15 is 0 Å². The summed E-state index contributed by atoms with van der Waals surface area (Å²) in [6.07, 6.45) is -2.63. The number of H-pyrrole nitrogens is 1. The summed E-state index contributed by atoms with van der Waals surface area (Å²) in [5.41, 5.74) is 7.89. The van der Waals surface area contributed by atoms with Gasteiger partial charge in [-0.25, -0.2) is 9.59 Å². The molecule has 5 rings (SSSR count). The Morgan fingerprint density at radius 2 is 1.66 bits per heavy atom. The highest BCUT2D eigenvalue weighted by Crippen LogP contribution is 2.33. The molecule has 1 fully saturated rings. The minimum atomic E-state index is -0.941. The highest BCUT2D eigenvalue weighted by Gasteiger charge is 2.41. The van der Waals surface area contributed by atoms with Crippen LogP contribution in [-0.4, -0.2) is 45.3 Å². The molecule has 0 bridgehead atoms. The van der Waals surface area contributed by atoms with Crippen LogP contribution in [0.15, 0.2) is 58.1 Å². The lowest BCUT2D eigenvalue weighted by Gasteiger charge is -2.19. The van der Waals surface area contributed by atoms with Gasteiger partial charge in [0.05, 0.1) is 11.1 Å². The fraction of sp³-hybridized carbons (Fsp3) is 0.269. The molecule has 0 radical (unpaired) electrons. The number of nitrogen functional groups attached to an aromatic ring is 1. The number of nitrogens with two attached hydrogens (primary N) is 1. The number of hydrogen-bond donors (Lipinski definition) is 2. The number of benzene rings is 2. The van der Waals surface area contributed by atoms with Crippen molar-refractivity contribution in [2.24, 2.45) is 0 Å². The van der Waals surface area contributed by atoms with Gasteiger partial charge in [-0.05, 0) is 38.1 Å². The second-order valence-electron chi connectivity index (χ2n) is 8.98. The van der Waals surface area contributed by atoms with E-state index in [1.807, 2.05) is 13.8 Å². The van der Waals surface area contributed by atoms with Crippen molar-refractivity contribution < 1.29 is 23.8 Å². The van der Waals surface area contributed by atoms with E-state index in [9.17, 15) is 19.2 Å². The molecule has 1 aliphatic heterocycles. The van der Waals surface area contributed by atoms with E-state index in [0.29, 0.717) is 22.5 Å². The molecule has 196 valence electrons. The number of carbonyl (C=O) groups is 2. The summed E-state index contributed by atoms with van der Waals surface area (Å²) in [5, 5.41) is 0. The minimum Gasteiger partial charge on any atom is -0.459 e. The predicted molar refractivity (Wildman–Crippen MR) is 139 cm³/mol. The van der Waals surface area contributed by atoms with Crippen molar-refractivity contribution >= 4 is 39.6 Å². The summed E-state index contributed by atoms with van der Waals surface area (Å²) < 4.78 is 18.6. The van der Waals surface area contributed by atoms with Crippen LogP contribution in [0.2, 0.25) is 0 Å². The number of rotatable bonds is 6. The quantitative estimate of drug-likeness (QED) is 0.354. The van der Waals surface area contributed by atoms with Crippen molar-refractivity contribution in [3.05, 3.63) is 90.8 Å². The van der Waals surface area contributed by atoms with E-state index in [-0.39, 0.29) is 29.3 Å². The number of carbonyl (C=O) groups excluding carboxylic acids is 2. The van der Waals surface area contributed by atoms with Crippen LogP contribution in [-0.2, 0) is 14.2 Å². The molecule has 38 heavy (non-hydrogen) atoms. The van der Waals surface area contributed by atoms with Gasteiger partial charge in [0.1, 0.15) is 29.7 Å². The van der Waals surface area contributed by atoms with E-state index in [1.54, 1.807) is 48.5 Å². The molecule has 3 N–H and O–H groups in total. The first kappa shape index (κ1) is 25.4. The molecule has 3 heterocycles. The molecule has 1 saturated heterocycles. The van der Waals surface area contributed by atoms with Gasteiger partial charge in [-0.1, -0.05) is 46.7 Å². The molecule has 4 aromatic rings. The molecule has 12 heteroatoms. The van der Waals surface area contributed by atoms with Crippen LogP contribution in [0, 0.1) is 13.8 Å². The largest absolute Gasteiger partial charge is 0.459 e. The van der Waals surface area contributed by atoms with Crippen molar-refractivity contribution in [1.82, 2.24) is 14.5 Å². The average molecular weight is 537 g/mol. The fourth-order valence-electron chi connectivity index (χ4n) is 4.16. The third kappa shape index (κ3) is 5.08. The summed E-state index contributed by atoms with van der Waals surface area (Å²) in [7, 11) is 0. The molecule has 2 aromatic carbocycles. The number of hydrogen-bond acceptors (Lipinski definition) is 10. The molecule has 0 unspecified atom stereocenters. The standard InChI is InChI=1S/C26H24N4O7S/c1-13-3-7-15(8-4-13)23(32)35-12-18-17(37-24(33)16-9-5-14(2)6-10-16)11-19(36-18)30-21-20(38-26(30)34)22(31)29-25(27)28-21/h3-10,17-19H,11-12H2,1-2H3,(H3,27,28,29,31)/t17-,18+,19-/m0/s1. The number of aryl methyl sites for hydroxylation is 2. The number of aromatic nitrogens is 3. The smallest absolute Gasteiger partial charge is 0.338 e. The first-order valence-corrected chi connectivity index (χ1v) is 12.6. The molecular weight excluding hydrogens is 512 g/mol. The predicted octanol–water partition coefficient (Wildman–Crippen LogP) is 2.72. The van der Waals surface area contributed by atoms with Crippen LogP contribution < -0.4 is 16.2 Å². The molecule has 0 amide bonds. The molecule has 0 aliphatic carbocycles. The van der Waals surface area contributed by atoms with E-state index in [4.69, 9.17) is 19.9 Å². The molecule has 11 nitrogen and oxygen atoms in total. The van der Waals surface area contributed by atoms with Crippen molar-refractivity contribution in [3.63, 3.8) is 0 Å². The molecule has 0 saturated carbocycles. The van der Waals surface area contributed by atoms with E-state index in [0.717, 1.165) is 11.1 Å². The van der Waals surface area contributed by atoms with Crippen LogP contribution in [0.4, 0.5) is 5.95 Å². The summed E-state index contributed by atoms with van der Waals surface area (Å²) in [6.45, 7) is 3.57. The van der Waals surface area contributed by atoms with Crippen LogP contribution in [0.25, 0.3) is 10.3 Å². The van der Waals surface area contributed by atoms with Gasteiger partial charge in [-0.3, -0.25) is 19.1 Å². The Morgan fingerprint density at radius 1 is 1.05 bits per heavy atom. The monoisotopic (exact) mass is 536 g/mol. The van der Waals surface area contributed by atoms with Crippen molar-refractivity contribution in [3.8, 4) is 0 Å². The summed E-state index contributed by atoms with van der Waals surface area (Å²) in [4.78, 5) is 56.6. The third-order valence-electron chi connectivity index (χ3n) is 6.17. The normalized spacial score (nSPS) is 18.9. The van der Waals surface area contributed by atoms with Crippen LogP contribution in [0.5, 0.6) is 0 Å². The summed E-state index contributed by atoms with van der Waals surface area (Å²) >= 11 is 0.705. The first-order valence-electron chi connectivity index (χ1n) is 11.8. The SMILES string of the molecule is Cc1ccc(C(=O)OC[C@H]2O[C@H](n3c(=O)sc4c(=O)[nH]c(N)nc43)C[C@@H]2OC(=O)c2ccc(C)cc2)cc1. The summed E-state index contributed by atoms with van der Waals surface area (Å²) in [6, 6.07) is 13.7. The van der Waals surface area contributed by atoms with Gasteiger partial charge >= 0.3 is 16.8 Å². The molecule has 2 aromatic heterocycles. The zero-order chi connectivity index (χ0) is 27.0. The van der Waals surface area contributed by atoms with Crippen LogP contribution >= 0.6 is 11.3 Å². The van der Waals surface area contributed by atoms with Crippen molar-refractivity contribution in [2.45, 2.75) is 38.7 Å². The van der Waals surface area contributed by atoms with Gasteiger partial charge in [0.15, 0.2) is 5.65 Å². The van der Waals surface area contributed by atoms with Crippen LogP contribution in [0.1, 0.15) is 44.5 Å². The molecule has 0 spiro atoms. The second kappa shape index (κ2) is 10.2. The lowest BCUT2D eigenvalue weighted by Crippen LogP contribution is -2.32. The minimum absolute atomic E-state index is 0.0600. The summed E-state index contributed by atoms with van der Waals surface area (Å²) in [5.74, 6) is -1.31. The lowest BCUT2D eigenvalue weighted by molar-refractivity contribution is -0.0567. The zero-order valence-corrected chi connectivity index (χ0v) is 21.3. The number of aromatic amines is 1. The number of anilines is 1. The van der Waals surface area contributed by atoms with Gasteiger partial charge in [0.2, 0.25) is 5.95 Å². The Balaban J connectivity index is 1.41. The maximum atomic E-state index is 12.9. The zero-order valence-electron chi connectivity index (χ0n) is 20.5. The number of nitrogens with one attached hydrogen (secondary N) is 1. The van der Waals surface area contributed by atoms with E-state index < -0.39 is 40.8 Å². The maximum Gasteiger partial charge on any atom is 0.338 e. The Morgan fingerprint density at radius 3 is 2.29 bits per heavy atom. The van der Waals surface area contributed by atoms with Gasteiger partial charge < -0.3 is 19.9 Å². The van der Waals surface area contributed by atoms with Gasteiger partial charge in [0.25, 0.3) is 5.56 Å². The fourth-order valence-corrected chi connectivity index (χ4v) is 5.01. The lowest BCUT2D eigenvalue weighted by atomic mass is 10.1. The molecular formula is C26H24N4O7S. The third-order valence-corrected chi connectivity index (χ3v) is 7.12. The number of esters is 2. The van der Waals surface area contributed by atoms with E-state index in [2.05, 4.69) is 9.97 Å². The van der Waals surface area contributed by atoms with Gasteiger partial charge in [-0.15, -0.1) is 0 Å². The number of ether oxygens (including phenoxy) is 3. The van der Waals surface area contributed by atoms with Gasteiger partial charge in [0, 0.05) is 6.42 Å². The highest BCUT2D eigenvalue weighted by atomic mass is 32.1. The Hall–Kier alpha value is -4.29. The molecule has 1 aliphatic rings. The maximum absolute atomic E-state index is 12.9. The van der Waals surface area contributed by atoms with Gasteiger partial charge in [-0.2, -0.15) is 4.98 Å². The Bertz CT molecular complexity index is 1620. The number of nitrogens with zero attached hydrogens (tertiary/aromatic N) is 2. The number of fused-ring (bicyclic) bond motifs is 1. The van der Waals surface area contributed by atoms with Crippen LogP contribution in [0.3, 0.4) is 0 Å². The Labute approximate surface area is 219 Å². The second-order valence-corrected chi connectivity index (χ2v) is 9.94. The molecule has 3 atom stereocenters. The van der Waals surface area contributed by atoms with Crippen molar-refractivity contribution in [1.29, 1.82) is 0 Å². The first-order chi connectivity index (χ1) is 18.2.